The topological polar surface area (TPSA) is 38.5 Å². The van der Waals surface area contributed by atoms with E-state index in [0.29, 0.717) is 0 Å². The molecule has 23 heavy (non-hydrogen) atoms. The monoisotopic (exact) mass is 339 g/mol. The predicted octanol–water partition coefficient (Wildman–Crippen LogP) is 4.41. The Morgan fingerprint density at radius 2 is 1.52 bits per heavy atom. The first-order valence-electron chi connectivity index (χ1n) is 6.50. The normalized spacial score (nSPS) is 13.3. The number of hydrogen-bond acceptors (Lipinski definition) is 2. The first kappa shape index (κ1) is 17.0. The van der Waals surface area contributed by atoms with Gasteiger partial charge in [0.2, 0.25) is 0 Å². The third kappa shape index (κ3) is 3.54. The molecule has 2 aromatic rings. The summed E-state index contributed by atoms with van der Waals surface area (Å²) in [5, 5.41) is -1.58. The summed E-state index contributed by atoms with van der Waals surface area (Å²) >= 11 is 0. The molecule has 0 heterocycles. The van der Waals surface area contributed by atoms with Crippen LogP contribution in [0.4, 0.5) is 13.2 Å². The van der Waals surface area contributed by atoms with Gasteiger partial charge in [-0.05, 0) is 43.3 Å². The molecule has 1 unspecified atom stereocenters. The van der Waals surface area contributed by atoms with E-state index in [9.17, 15) is 21.6 Å². The highest BCUT2D eigenvalue weighted by Crippen LogP contribution is 2.33. The van der Waals surface area contributed by atoms with Crippen molar-refractivity contribution in [3.63, 3.8) is 0 Å². The van der Waals surface area contributed by atoms with Crippen LogP contribution >= 0.6 is 0 Å². The van der Waals surface area contributed by atoms with Gasteiger partial charge < -0.3 is 0 Å². The fourth-order valence-electron chi connectivity index (χ4n) is 2.02. The Morgan fingerprint density at radius 1 is 1.00 bits per heavy atom. The van der Waals surface area contributed by atoms with E-state index in [4.69, 9.17) is 6.57 Å². The summed E-state index contributed by atoms with van der Waals surface area (Å²) in [6, 6.07) is 9.56. The van der Waals surface area contributed by atoms with Crippen molar-refractivity contribution in [2.45, 2.75) is 23.4 Å². The van der Waals surface area contributed by atoms with Gasteiger partial charge in [-0.15, -0.1) is 0 Å². The van der Waals surface area contributed by atoms with Crippen molar-refractivity contribution in [3.8, 4) is 0 Å². The Kier molecular flexibility index (Phi) is 4.48. The Bertz CT molecular complexity index is 833. The number of hydrogen-bond donors (Lipinski definition) is 0. The molecule has 0 fully saturated rings. The highest BCUT2D eigenvalue weighted by atomic mass is 32.2. The summed E-state index contributed by atoms with van der Waals surface area (Å²) in [7, 11) is -4.00. The number of nitrogens with zero attached hydrogens (tertiary/aromatic N) is 1. The van der Waals surface area contributed by atoms with Crippen LogP contribution in [-0.4, -0.2) is 8.42 Å². The molecule has 0 aliphatic rings. The molecule has 0 aliphatic heterocycles. The fourth-order valence-corrected chi connectivity index (χ4v) is 3.44. The maximum Gasteiger partial charge on any atom is 0.416 e. The molecule has 3 nitrogen and oxygen atoms in total. The summed E-state index contributed by atoms with van der Waals surface area (Å²) in [4.78, 5) is 3.06. The van der Waals surface area contributed by atoms with E-state index < -0.39 is 27.0 Å². The Labute approximate surface area is 132 Å². The molecule has 0 saturated heterocycles. The van der Waals surface area contributed by atoms with Crippen molar-refractivity contribution in [2.75, 3.05) is 0 Å². The molecule has 0 radical (unpaired) electrons. The first-order chi connectivity index (χ1) is 10.7. The van der Waals surface area contributed by atoms with E-state index >= 15 is 0 Å². The summed E-state index contributed by atoms with van der Waals surface area (Å²) in [5.41, 5.74) is -0.0240. The minimum atomic E-state index is -4.51. The molecule has 0 bridgehead atoms. The molecule has 0 amide bonds. The van der Waals surface area contributed by atoms with E-state index in [-0.39, 0.29) is 10.5 Å². The number of aryl methyl sites for hydroxylation is 1. The lowest BCUT2D eigenvalue weighted by Crippen LogP contribution is -2.11. The quantitative estimate of drug-likeness (QED) is 0.777. The predicted molar refractivity (Wildman–Crippen MR) is 79.2 cm³/mol. The van der Waals surface area contributed by atoms with Crippen molar-refractivity contribution in [1.82, 2.24) is 0 Å². The summed E-state index contributed by atoms with van der Waals surface area (Å²) in [5.74, 6) is 0. The lowest BCUT2D eigenvalue weighted by Gasteiger charge is -2.10. The van der Waals surface area contributed by atoms with Crippen LogP contribution < -0.4 is 0 Å². The van der Waals surface area contributed by atoms with Crippen LogP contribution in [0.15, 0.2) is 53.4 Å². The van der Waals surface area contributed by atoms with Crippen molar-refractivity contribution in [1.29, 1.82) is 0 Å². The van der Waals surface area contributed by atoms with Crippen molar-refractivity contribution >= 4 is 9.84 Å². The number of alkyl halides is 3. The summed E-state index contributed by atoms with van der Waals surface area (Å²) in [6.07, 6.45) is -4.51. The standard InChI is InChI=1S/C16H12F3NO2S/c1-11-3-9-14(10-4-11)23(21,22)15(20-2)12-5-7-13(8-6-12)16(17,18)19/h3-10,15H,1H3. The number of sulfone groups is 1. The Balaban J connectivity index is 2.43. The van der Waals surface area contributed by atoms with Crippen LogP contribution in [0.1, 0.15) is 22.1 Å². The van der Waals surface area contributed by atoms with Gasteiger partial charge in [0.15, 0.2) is 0 Å². The minimum absolute atomic E-state index is 0.00794. The second-order valence-electron chi connectivity index (χ2n) is 4.96. The first-order valence-corrected chi connectivity index (χ1v) is 8.05. The van der Waals surface area contributed by atoms with Gasteiger partial charge in [-0.2, -0.15) is 13.2 Å². The maximum atomic E-state index is 12.6. The fraction of sp³-hybridized carbons (Fsp3) is 0.188. The Hall–Kier alpha value is -2.33. The van der Waals surface area contributed by atoms with Crippen LogP contribution in [0.25, 0.3) is 4.85 Å². The zero-order chi connectivity index (χ0) is 17.3. The molecular formula is C16H12F3NO2S. The smallest absolute Gasteiger partial charge is 0.291 e. The highest BCUT2D eigenvalue weighted by Gasteiger charge is 2.36. The highest BCUT2D eigenvalue weighted by molar-refractivity contribution is 7.91. The molecule has 0 aliphatic carbocycles. The average Bonchev–Trinajstić information content (AvgIpc) is 2.48. The van der Waals surface area contributed by atoms with E-state index in [1.54, 1.807) is 19.1 Å². The molecule has 0 N–H and O–H groups in total. The van der Waals surface area contributed by atoms with E-state index in [1.165, 1.54) is 12.1 Å². The third-order valence-electron chi connectivity index (χ3n) is 3.28. The van der Waals surface area contributed by atoms with Gasteiger partial charge in [0.25, 0.3) is 9.84 Å². The lowest BCUT2D eigenvalue weighted by atomic mass is 10.1. The zero-order valence-corrected chi connectivity index (χ0v) is 12.8. The molecule has 2 rings (SSSR count). The molecule has 120 valence electrons. The Morgan fingerprint density at radius 3 is 1.96 bits per heavy atom. The summed E-state index contributed by atoms with van der Waals surface area (Å²) < 4.78 is 62.7. The molecule has 0 saturated carbocycles. The van der Waals surface area contributed by atoms with Gasteiger partial charge in [-0.1, -0.05) is 17.7 Å². The van der Waals surface area contributed by atoms with Crippen molar-refractivity contribution in [2.24, 2.45) is 0 Å². The lowest BCUT2D eigenvalue weighted by molar-refractivity contribution is -0.137. The van der Waals surface area contributed by atoms with E-state index in [0.717, 1.165) is 29.8 Å². The largest absolute Gasteiger partial charge is 0.416 e. The molecule has 2 aromatic carbocycles. The third-order valence-corrected chi connectivity index (χ3v) is 5.18. The second-order valence-corrected chi connectivity index (χ2v) is 6.97. The van der Waals surface area contributed by atoms with Gasteiger partial charge in [0, 0.05) is 0 Å². The van der Waals surface area contributed by atoms with Crippen LogP contribution in [0.5, 0.6) is 0 Å². The maximum absolute atomic E-state index is 12.6. The second kappa shape index (κ2) is 6.05. The molecule has 0 spiro atoms. The van der Waals surface area contributed by atoms with Gasteiger partial charge in [0.1, 0.15) is 0 Å². The minimum Gasteiger partial charge on any atom is -0.291 e. The molecule has 1 atom stereocenters. The molecule has 0 aromatic heterocycles. The van der Waals surface area contributed by atoms with E-state index in [2.05, 4.69) is 4.85 Å². The number of halogens is 3. The van der Waals surface area contributed by atoms with Gasteiger partial charge >= 0.3 is 11.6 Å². The average molecular weight is 339 g/mol. The molecule has 7 heteroatoms. The van der Waals surface area contributed by atoms with Crippen molar-refractivity contribution in [3.05, 3.63) is 76.6 Å². The van der Waals surface area contributed by atoms with Crippen LogP contribution in [0.2, 0.25) is 0 Å². The van der Waals surface area contributed by atoms with Crippen molar-refractivity contribution < 1.29 is 21.6 Å². The number of benzene rings is 2. The van der Waals surface area contributed by atoms with Gasteiger partial charge in [-0.25, -0.2) is 15.0 Å². The van der Waals surface area contributed by atoms with E-state index in [1.807, 2.05) is 0 Å². The van der Waals surface area contributed by atoms with Crippen LogP contribution in [-0.2, 0) is 16.0 Å². The zero-order valence-electron chi connectivity index (χ0n) is 12.0. The molecular weight excluding hydrogens is 327 g/mol. The SMILES string of the molecule is [C-]#[N+]C(c1ccc(C(F)(F)F)cc1)S(=O)(=O)c1ccc(C)cc1. The van der Waals surface area contributed by atoms with Crippen LogP contribution in [0.3, 0.4) is 0 Å². The number of rotatable bonds is 3. The van der Waals surface area contributed by atoms with Crippen LogP contribution in [0, 0.1) is 13.5 Å². The van der Waals surface area contributed by atoms with Gasteiger partial charge in [0.05, 0.1) is 16.0 Å². The summed E-state index contributed by atoms with van der Waals surface area (Å²) in [6.45, 7) is 8.93. The van der Waals surface area contributed by atoms with Gasteiger partial charge in [-0.3, -0.25) is 4.85 Å².